The lowest BCUT2D eigenvalue weighted by atomic mass is 10.0. The molecule has 32 heavy (non-hydrogen) atoms. The van der Waals surface area contributed by atoms with Crippen LogP contribution in [0.2, 0.25) is 0 Å². The zero-order chi connectivity index (χ0) is 25.0. The van der Waals surface area contributed by atoms with Crippen molar-refractivity contribution in [3.05, 3.63) is 0 Å². The molecule has 0 rings (SSSR count). The molecule has 182 valence electrons. The Labute approximate surface area is 189 Å². The van der Waals surface area contributed by atoms with Crippen LogP contribution >= 0.6 is 11.8 Å². The van der Waals surface area contributed by atoms with Crippen LogP contribution in [0.15, 0.2) is 0 Å². The Hall–Kier alpha value is -2.87. The van der Waals surface area contributed by atoms with Gasteiger partial charge in [-0.15, -0.1) is 0 Å². The first kappa shape index (κ1) is 29.1. The molecule has 14 heteroatoms. The van der Waals surface area contributed by atoms with Gasteiger partial charge in [0, 0.05) is 0 Å². The van der Waals surface area contributed by atoms with E-state index in [0.29, 0.717) is 5.75 Å². The Morgan fingerprint density at radius 3 is 1.78 bits per heavy atom. The van der Waals surface area contributed by atoms with Crippen molar-refractivity contribution in [3.8, 4) is 0 Å². The maximum Gasteiger partial charge on any atom is 0.326 e. The molecule has 9 N–H and O–H groups in total. The topological polar surface area (TPSA) is 231 Å². The fraction of sp³-hybridized carbons (Fsp3) is 0.667. The highest BCUT2D eigenvalue weighted by atomic mass is 32.2. The molecule has 0 heterocycles. The fourth-order valence-corrected chi connectivity index (χ4v) is 2.88. The predicted molar refractivity (Wildman–Crippen MR) is 115 cm³/mol. The first-order chi connectivity index (χ1) is 14.8. The van der Waals surface area contributed by atoms with E-state index in [-0.39, 0.29) is 12.3 Å². The summed E-state index contributed by atoms with van der Waals surface area (Å²) >= 11 is 1.34. The molecule has 0 saturated heterocycles. The third-order valence-electron chi connectivity index (χ3n) is 4.30. The summed E-state index contributed by atoms with van der Waals surface area (Å²) in [5.41, 5.74) is 10.9. The van der Waals surface area contributed by atoms with Gasteiger partial charge in [0.2, 0.25) is 23.6 Å². The third-order valence-corrected chi connectivity index (χ3v) is 4.94. The van der Waals surface area contributed by atoms with Crippen molar-refractivity contribution in [2.24, 2.45) is 17.4 Å². The van der Waals surface area contributed by atoms with E-state index in [2.05, 4.69) is 16.0 Å². The monoisotopic (exact) mass is 477 g/mol. The van der Waals surface area contributed by atoms with Gasteiger partial charge in [-0.05, 0) is 24.3 Å². The molecule has 0 aromatic rings. The lowest BCUT2D eigenvalue weighted by molar-refractivity contribution is -0.147. The number of amides is 4. The second kappa shape index (κ2) is 14.2. The van der Waals surface area contributed by atoms with E-state index < -0.39 is 72.6 Å². The van der Waals surface area contributed by atoms with Gasteiger partial charge in [-0.3, -0.25) is 24.0 Å². The number of carboxylic acid groups (broad SMARTS) is 2. The number of carboxylic acids is 2. The van der Waals surface area contributed by atoms with Crippen molar-refractivity contribution < 1.29 is 39.0 Å². The Bertz CT molecular complexity index is 717. The summed E-state index contributed by atoms with van der Waals surface area (Å²) in [6.45, 7) is 3.37. The smallest absolute Gasteiger partial charge is 0.326 e. The lowest BCUT2D eigenvalue weighted by Crippen LogP contribution is -2.58. The van der Waals surface area contributed by atoms with Gasteiger partial charge in [0.25, 0.3) is 0 Å². The molecule has 0 radical (unpaired) electrons. The van der Waals surface area contributed by atoms with Gasteiger partial charge in [-0.25, -0.2) is 4.79 Å². The van der Waals surface area contributed by atoms with Gasteiger partial charge in [-0.2, -0.15) is 11.8 Å². The number of carbonyl (C=O) groups excluding carboxylic acids is 4. The van der Waals surface area contributed by atoms with Crippen LogP contribution in [0.3, 0.4) is 0 Å². The molecule has 4 unspecified atom stereocenters. The van der Waals surface area contributed by atoms with Gasteiger partial charge in [0.05, 0.1) is 18.9 Å². The molecule has 0 bridgehead atoms. The van der Waals surface area contributed by atoms with Gasteiger partial charge >= 0.3 is 11.9 Å². The third kappa shape index (κ3) is 10.9. The summed E-state index contributed by atoms with van der Waals surface area (Å²) in [5, 5.41) is 24.7. The van der Waals surface area contributed by atoms with Crippen LogP contribution in [0, 0.1) is 5.92 Å². The Morgan fingerprint density at radius 1 is 0.844 bits per heavy atom. The van der Waals surface area contributed by atoms with Crippen LogP contribution in [0.1, 0.15) is 33.1 Å². The summed E-state index contributed by atoms with van der Waals surface area (Å²) in [7, 11) is 0. The van der Waals surface area contributed by atoms with Gasteiger partial charge < -0.3 is 37.6 Å². The van der Waals surface area contributed by atoms with Crippen LogP contribution in [-0.2, 0) is 28.8 Å². The molecular formula is C18H31N5O8S. The first-order valence-corrected chi connectivity index (χ1v) is 11.1. The number of hydrogen-bond donors (Lipinski definition) is 7. The maximum atomic E-state index is 12.7. The van der Waals surface area contributed by atoms with Crippen molar-refractivity contribution in [1.29, 1.82) is 0 Å². The fourth-order valence-electron chi connectivity index (χ4n) is 2.40. The SMILES string of the molecule is CSCCC(NC(=O)C(CC(N)=O)NC(=O)C(N)C(C)C)C(=O)NC(CC(=O)O)C(=O)O. The largest absolute Gasteiger partial charge is 0.481 e. The predicted octanol–water partition coefficient (Wildman–Crippen LogP) is -2.39. The van der Waals surface area contributed by atoms with Crippen LogP contribution in [0.5, 0.6) is 0 Å². The van der Waals surface area contributed by atoms with Crippen molar-refractivity contribution in [2.75, 3.05) is 12.0 Å². The summed E-state index contributed by atoms with van der Waals surface area (Å²) in [4.78, 5) is 70.9. The van der Waals surface area contributed by atoms with E-state index in [1.54, 1.807) is 20.1 Å². The number of nitrogens with one attached hydrogen (secondary N) is 3. The second-order valence-corrected chi connectivity index (χ2v) is 8.33. The molecular weight excluding hydrogens is 446 g/mol. The van der Waals surface area contributed by atoms with Gasteiger partial charge in [-0.1, -0.05) is 13.8 Å². The standard InChI is InChI=1S/C18H31N5O8S/c1-8(2)14(20)17(29)22-10(6-12(19)24)16(28)21-9(4-5-32-3)15(27)23-11(18(30)31)7-13(25)26/h8-11,14H,4-7,20H2,1-3H3,(H2,19,24)(H,21,28)(H,22,29)(H,23,27)(H,25,26)(H,30,31). The minimum atomic E-state index is -1.71. The normalized spacial score (nSPS) is 14.5. The highest BCUT2D eigenvalue weighted by Gasteiger charge is 2.31. The molecule has 0 aliphatic rings. The summed E-state index contributed by atoms with van der Waals surface area (Å²) in [6.07, 6.45) is 0.388. The summed E-state index contributed by atoms with van der Waals surface area (Å²) in [6, 6.07) is -5.33. The summed E-state index contributed by atoms with van der Waals surface area (Å²) in [5.74, 6) is -6.27. The van der Waals surface area contributed by atoms with E-state index >= 15 is 0 Å². The minimum Gasteiger partial charge on any atom is -0.481 e. The lowest BCUT2D eigenvalue weighted by Gasteiger charge is -2.25. The van der Waals surface area contributed by atoms with Crippen LogP contribution in [0.25, 0.3) is 0 Å². The Kier molecular flexibility index (Phi) is 13.0. The van der Waals surface area contributed by atoms with Crippen molar-refractivity contribution in [1.82, 2.24) is 16.0 Å². The number of hydrogen-bond acceptors (Lipinski definition) is 8. The van der Waals surface area contributed by atoms with E-state index in [1.807, 2.05) is 0 Å². The Balaban J connectivity index is 5.51. The van der Waals surface area contributed by atoms with Crippen molar-refractivity contribution in [3.63, 3.8) is 0 Å². The molecule has 0 aliphatic heterocycles. The molecule has 4 atom stereocenters. The zero-order valence-corrected chi connectivity index (χ0v) is 18.9. The van der Waals surface area contributed by atoms with Gasteiger partial charge in [0.1, 0.15) is 18.1 Å². The van der Waals surface area contributed by atoms with Crippen LogP contribution in [-0.4, -0.2) is 82.0 Å². The molecule has 0 fully saturated rings. The second-order valence-electron chi connectivity index (χ2n) is 7.34. The quantitative estimate of drug-likeness (QED) is 0.132. The minimum absolute atomic E-state index is 0.0703. The molecule has 4 amide bonds. The molecule has 13 nitrogen and oxygen atoms in total. The van der Waals surface area contributed by atoms with Crippen molar-refractivity contribution >= 4 is 47.3 Å². The number of nitrogens with two attached hydrogens (primary N) is 2. The first-order valence-electron chi connectivity index (χ1n) is 9.68. The van der Waals surface area contributed by atoms with Crippen LogP contribution in [0.4, 0.5) is 0 Å². The molecule has 0 aromatic heterocycles. The molecule has 0 spiro atoms. The average molecular weight is 478 g/mol. The number of rotatable bonds is 15. The maximum absolute atomic E-state index is 12.7. The van der Waals surface area contributed by atoms with Crippen molar-refractivity contribution in [2.45, 2.75) is 57.3 Å². The highest BCUT2D eigenvalue weighted by Crippen LogP contribution is 2.05. The molecule has 0 saturated carbocycles. The average Bonchev–Trinajstić information content (AvgIpc) is 2.68. The number of thioether (sulfide) groups is 1. The van der Waals surface area contributed by atoms with E-state index in [1.165, 1.54) is 11.8 Å². The summed E-state index contributed by atoms with van der Waals surface area (Å²) < 4.78 is 0. The van der Waals surface area contributed by atoms with E-state index in [9.17, 15) is 28.8 Å². The molecule has 0 aromatic carbocycles. The van der Waals surface area contributed by atoms with E-state index in [0.717, 1.165) is 0 Å². The highest BCUT2D eigenvalue weighted by molar-refractivity contribution is 7.98. The molecule has 0 aliphatic carbocycles. The number of primary amides is 1. The van der Waals surface area contributed by atoms with Gasteiger partial charge in [0.15, 0.2) is 0 Å². The van der Waals surface area contributed by atoms with Crippen LogP contribution < -0.4 is 27.4 Å². The zero-order valence-electron chi connectivity index (χ0n) is 18.1. The number of carbonyl (C=O) groups is 6. The number of aliphatic carboxylic acids is 2. The van der Waals surface area contributed by atoms with E-state index in [4.69, 9.17) is 21.7 Å². The Morgan fingerprint density at radius 2 is 1.34 bits per heavy atom.